The van der Waals surface area contributed by atoms with Crippen LogP contribution >= 0.6 is 0 Å². The Kier molecular flexibility index (Phi) is 6.76. The zero-order valence-electron chi connectivity index (χ0n) is 15.3. The minimum Gasteiger partial charge on any atom is -0.504 e. The SMILES string of the molecule is CCNC(=NCc1cccc(OC)c1O)NC1CC(C)CC(C)C1. The lowest BCUT2D eigenvalue weighted by Gasteiger charge is -2.32. The largest absolute Gasteiger partial charge is 0.504 e. The molecule has 1 aliphatic rings. The highest BCUT2D eigenvalue weighted by Gasteiger charge is 2.24. The molecule has 1 aromatic rings. The number of phenols is 1. The van der Waals surface area contributed by atoms with Gasteiger partial charge in [-0.2, -0.15) is 0 Å². The zero-order chi connectivity index (χ0) is 17.5. The Hall–Kier alpha value is -1.91. The van der Waals surface area contributed by atoms with Crippen molar-refractivity contribution in [2.24, 2.45) is 16.8 Å². The first kappa shape index (κ1) is 18.4. The Morgan fingerprint density at radius 3 is 2.58 bits per heavy atom. The van der Waals surface area contributed by atoms with Crippen molar-refractivity contribution in [2.45, 2.75) is 52.6 Å². The number of rotatable bonds is 5. The van der Waals surface area contributed by atoms with Crippen LogP contribution in [0.2, 0.25) is 0 Å². The minimum atomic E-state index is 0.166. The van der Waals surface area contributed by atoms with E-state index in [1.807, 2.05) is 12.1 Å². The third-order valence-electron chi connectivity index (χ3n) is 4.57. The number of nitrogens with one attached hydrogen (secondary N) is 2. The number of hydrogen-bond acceptors (Lipinski definition) is 3. The van der Waals surface area contributed by atoms with Crippen molar-refractivity contribution >= 4 is 5.96 Å². The van der Waals surface area contributed by atoms with Gasteiger partial charge in [0.1, 0.15) is 0 Å². The number of methoxy groups -OCH3 is 1. The van der Waals surface area contributed by atoms with Crippen molar-refractivity contribution in [2.75, 3.05) is 13.7 Å². The molecule has 24 heavy (non-hydrogen) atoms. The predicted octanol–water partition coefficient (Wildman–Crippen LogP) is 3.28. The van der Waals surface area contributed by atoms with Crippen molar-refractivity contribution < 1.29 is 9.84 Å². The second-order valence-electron chi connectivity index (χ2n) is 6.92. The number of aromatic hydroxyl groups is 1. The first-order valence-corrected chi connectivity index (χ1v) is 8.93. The lowest BCUT2D eigenvalue weighted by molar-refractivity contribution is 0.255. The second-order valence-corrected chi connectivity index (χ2v) is 6.92. The van der Waals surface area contributed by atoms with Crippen LogP contribution in [0.4, 0.5) is 0 Å². The maximum atomic E-state index is 10.2. The molecule has 1 aliphatic carbocycles. The van der Waals surface area contributed by atoms with Gasteiger partial charge in [-0.15, -0.1) is 0 Å². The van der Waals surface area contributed by atoms with Gasteiger partial charge in [0.2, 0.25) is 0 Å². The molecule has 2 atom stereocenters. The van der Waals surface area contributed by atoms with Gasteiger partial charge in [0.25, 0.3) is 0 Å². The average Bonchev–Trinajstić information content (AvgIpc) is 2.53. The van der Waals surface area contributed by atoms with Crippen LogP contribution in [0.25, 0.3) is 0 Å². The van der Waals surface area contributed by atoms with E-state index in [2.05, 4.69) is 36.4 Å². The Morgan fingerprint density at radius 2 is 1.96 bits per heavy atom. The summed E-state index contributed by atoms with van der Waals surface area (Å²) in [6, 6.07) is 5.95. The van der Waals surface area contributed by atoms with E-state index in [-0.39, 0.29) is 5.75 Å². The number of aliphatic imine (C=N–C) groups is 1. The molecule has 3 N–H and O–H groups in total. The van der Waals surface area contributed by atoms with Gasteiger partial charge in [-0.25, -0.2) is 4.99 Å². The van der Waals surface area contributed by atoms with Crippen LogP contribution in [-0.2, 0) is 6.54 Å². The maximum absolute atomic E-state index is 10.2. The number of guanidine groups is 1. The van der Waals surface area contributed by atoms with Gasteiger partial charge < -0.3 is 20.5 Å². The highest BCUT2D eigenvalue weighted by molar-refractivity contribution is 5.80. The van der Waals surface area contributed by atoms with Crippen LogP contribution in [0.15, 0.2) is 23.2 Å². The van der Waals surface area contributed by atoms with E-state index >= 15 is 0 Å². The first-order valence-electron chi connectivity index (χ1n) is 8.93. The molecule has 1 saturated carbocycles. The minimum absolute atomic E-state index is 0.166. The number of hydrogen-bond donors (Lipinski definition) is 3. The zero-order valence-corrected chi connectivity index (χ0v) is 15.3. The summed E-state index contributed by atoms with van der Waals surface area (Å²) in [6.45, 7) is 7.93. The normalized spacial score (nSPS) is 24.5. The topological polar surface area (TPSA) is 65.9 Å². The summed E-state index contributed by atoms with van der Waals surface area (Å²) >= 11 is 0. The molecular formula is C19H31N3O2. The van der Waals surface area contributed by atoms with Crippen molar-refractivity contribution in [3.8, 4) is 11.5 Å². The Labute approximate surface area is 145 Å². The predicted molar refractivity (Wildman–Crippen MR) is 98.6 cm³/mol. The molecule has 2 unspecified atom stereocenters. The molecule has 5 heteroatoms. The molecule has 5 nitrogen and oxygen atoms in total. The van der Waals surface area contributed by atoms with E-state index < -0.39 is 0 Å². The highest BCUT2D eigenvalue weighted by Crippen LogP contribution is 2.30. The monoisotopic (exact) mass is 333 g/mol. The number of nitrogens with zero attached hydrogens (tertiary/aromatic N) is 1. The fourth-order valence-electron chi connectivity index (χ4n) is 3.60. The highest BCUT2D eigenvalue weighted by atomic mass is 16.5. The molecule has 0 heterocycles. The van der Waals surface area contributed by atoms with Crippen LogP contribution in [0.1, 0.15) is 45.6 Å². The quantitative estimate of drug-likeness (QED) is 0.571. The average molecular weight is 333 g/mol. The van der Waals surface area contributed by atoms with Gasteiger partial charge in [0, 0.05) is 18.2 Å². The van der Waals surface area contributed by atoms with E-state index in [4.69, 9.17) is 4.74 Å². The number of para-hydroxylation sites is 1. The third kappa shape index (κ3) is 5.05. The molecule has 1 fully saturated rings. The summed E-state index contributed by atoms with van der Waals surface area (Å²) in [5, 5.41) is 17.1. The van der Waals surface area contributed by atoms with E-state index in [9.17, 15) is 5.11 Å². The van der Waals surface area contributed by atoms with Gasteiger partial charge in [-0.05, 0) is 44.1 Å². The van der Waals surface area contributed by atoms with E-state index in [0.29, 0.717) is 18.3 Å². The second kappa shape index (κ2) is 8.81. The molecule has 134 valence electrons. The van der Waals surface area contributed by atoms with E-state index in [1.54, 1.807) is 13.2 Å². The molecule has 0 bridgehead atoms. The van der Waals surface area contributed by atoms with Gasteiger partial charge in [0.05, 0.1) is 13.7 Å². The van der Waals surface area contributed by atoms with Crippen molar-refractivity contribution in [1.29, 1.82) is 0 Å². The summed E-state index contributed by atoms with van der Waals surface area (Å²) in [5.41, 5.74) is 0.761. The smallest absolute Gasteiger partial charge is 0.191 e. The number of phenolic OH excluding ortho intramolecular Hbond substituents is 1. The van der Waals surface area contributed by atoms with Crippen LogP contribution < -0.4 is 15.4 Å². The third-order valence-corrected chi connectivity index (χ3v) is 4.57. The molecule has 0 aromatic heterocycles. The Morgan fingerprint density at radius 1 is 1.25 bits per heavy atom. The van der Waals surface area contributed by atoms with Crippen LogP contribution in [0.5, 0.6) is 11.5 Å². The number of ether oxygens (including phenoxy) is 1. The molecule has 0 amide bonds. The number of benzene rings is 1. The Bertz CT molecular complexity index is 550. The fraction of sp³-hybridized carbons (Fsp3) is 0.632. The molecule has 0 spiro atoms. The standard InChI is InChI=1S/C19H31N3O2/c1-5-20-19(22-16-10-13(2)9-14(3)11-16)21-12-15-7-6-8-17(24-4)18(15)23/h6-8,13-14,16,23H,5,9-12H2,1-4H3,(H2,20,21,22). The van der Waals surface area contributed by atoms with E-state index in [1.165, 1.54) is 19.3 Å². The van der Waals surface area contributed by atoms with Gasteiger partial charge >= 0.3 is 0 Å². The van der Waals surface area contributed by atoms with Crippen molar-refractivity contribution in [3.63, 3.8) is 0 Å². The van der Waals surface area contributed by atoms with Crippen LogP contribution in [0.3, 0.4) is 0 Å². The summed E-state index contributed by atoms with van der Waals surface area (Å²) in [6.07, 6.45) is 3.67. The fourth-order valence-corrected chi connectivity index (χ4v) is 3.60. The maximum Gasteiger partial charge on any atom is 0.191 e. The lowest BCUT2D eigenvalue weighted by Crippen LogP contribution is -2.46. The lowest BCUT2D eigenvalue weighted by atomic mass is 9.80. The summed E-state index contributed by atoms with van der Waals surface area (Å²) < 4.78 is 5.16. The molecule has 0 saturated heterocycles. The molecule has 1 aromatic carbocycles. The molecular weight excluding hydrogens is 302 g/mol. The molecule has 0 aliphatic heterocycles. The van der Waals surface area contributed by atoms with Crippen LogP contribution in [-0.4, -0.2) is 30.8 Å². The van der Waals surface area contributed by atoms with Gasteiger partial charge in [-0.3, -0.25) is 0 Å². The Balaban J connectivity index is 2.05. The van der Waals surface area contributed by atoms with E-state index in [0.717, 1.165) is 29.9 Å². The molecule has 0 radical (unpaired) electrons. The van der Waals surface area contributed by atoms with Gasteiger partial charge in [-0.1, -0.05) is 26.0 Å². The van der Waals surface area contributed by atoms with Gasteiger partial charge in [0.15, 0.2) is 17.5 Å². The van der Waals surface area contributed by atoms with Crippen molar-refractivity contribution in [1.82, 2.24) is 10.6 Å². The van der Waals surface area contributed by atoms with Crippen LogP contribution in [0, 0.1) is 11.8 Å². The summed E-state index contributed by atoms with van der Waals surface area (Å²) in [4.78, 5) is 4.64. The summed E-state index contributed by atoms with van der Waals surface area (Å²) in [5.74, 6) is 2.95. The summed E-state index contributed by atoms with van der Waals surface area (Å²) in [7, 11) is 1.55. The van der Waals surface area contributed by atoms with Crippen molar-refractivity contribution in [3.05, 3.63) is 23.8 Å². The first-order chi connectivity index (χ1) is 11.5. The molecule has 2 rings (SSSR count).